The van der Waals surface area contributed by atoms with Gasteiger partial charge in [0.2, 0.25) is 0 Å². The van der Waals surface area contributed by atoms with Gasteiger partial charge in [-0.05, 0) is 29.3 Å². The highest BCUT2D eigenvalue weighted by atomic mass is 35.5. The molecule has 7 heteroatoms. The van der Waals surface area contributed by atoms with Crippen LogP contribution in [0.3, 0.4) is 0 Å². The van der Waals surface area contributed by atoms with E-state index >= 15 is 0 Å². The van der Waals surface area contributed by atoms with Gasteiger partial charge in [-0.25, -0.2) is 9.59 Å². The van der Waals surface area contributed by atoms with Crippen LogP contribution >= 0.6 is 11.6 Å². The van der Waals surface area contributed by atoms with E-state index in [0.29, 0.717) is 27.4 Å². The molecular formula is C31H25ClN2O4. The number of hydrogen-bond donors (Lipinski definition) is 2. The van der Waals surface area contributed by atoms with Crippen molar-refractivity contribution in [1.29, 1.82) is 0 Å². The van der Waals surface area contributed by atoms with Crippen LogP contribution in [0.1, 0.15) is 33.4 Å². The van der Waals surface area contributed by atoms with E-state index in [1.54, 1.807) is 48.5 Å². The Morgan fingerprint density at radius 3 is 1.89 bits per heavy atom. The van der Waals surface area contributed by atoms with Crippen LogP contribution in [0.5, 0.6) is 0 Å². The standard InChI is InChI=1S/C31H25ClN2O4/c32-23-17-10-18-24(19-23)33-31(38)34-27(21-13-6-2-7-14-21)26(29(35)22-15-8-3-9-16-22)25(28(34)30(36)37)20-11-4-1-5-12-20/h1-19,25-28H,(H,33,38)(H,36,37). The van der Waals surface area contributed by atoms with Crippen LogP contribution in [0, 0.1) is 5.92 Å². The number of carboxylic acids is 1. The van der Waals surface area contributed by atoms with Gasteiger partial charge >= 0.3 is 12.0 Å². The van der Waals surface area contributed by atoms with E-state index in [2.05, 4.69) is 5.32 Å². The number of carboxylic acid groups (broad SMARTS) is 1. The zero-order chi connectivity index (χ0) is 26.6. The number of ketones is 1. The summed E-state index contributed by atoms with van der Waals surface area (Å²) in [5.74, 6) is -3.06. The second kappa shape index (κ2) is 10.9. The highest BCUT2D eigenvalue weighted by Crippen LogP contribution is 2.51. The first-order valence-electron chi connectivity index (χ1n) is 12.2. The number of nitrogens with one attached hydrogen (secondary N) is 1. The number of carbonyl (C=O) groups is 3. The van der Waals surface area contributed by atoms with E-state index in [4.69, 9.17) is 11.6 Å². The van der Waals surface area contributed by atoms with Gasteiger partial charge in [0, 0.05) is 22.2 Å². The van der Waals surface area contributed by atoms with E-state index in [-0.39, 0.29) is 5.78 Å². The molecule has 0 spiro atoms. The lowest BCUT2D eigenvalue weighted by atomic mass is 9.76. The fraction of sp³-hybridized carbons (Fsp3) is 0.129. The number of nitrogens with zero attached hydrogens (tertiary/aromatic N) is 1. The molecule has 4 aromatic rings. The summed E-state index contributed by atoms with van der Waals surface area (Å²) in [6, 6.07) is 30.9. The number of amides is 2. The zero-order valence-corrected chi connectivity index (χ0v) is 21.0. The van der Waals surface area contributed by atoms with Crippen molar-refractivity contribution in [3.63, 3.8) is 0 Å². The summed E-state index contributed by atoms with van der Waals surface area (Å²) in [4.78, 5) is 42.3. The molecule has 1 aliphatic heterocycles. The molecule has 0 aromatic heterocycles. The van der Waals surface area contributed by atoms with Crippen molar-refractivity contribution in [3.8, 4) is 0 Å². The van der Waals surface area contributed by atoms with Crippen LogP contribution in [-0.2, 0) is 4.79 Å². The minimum absolute atomic E-state index is 0.224. The Morgan fingerprint density at radius 2 is 1.32 bits per heavy atom. The topological polar surface area (TPSA) is 86.7 Å². The van der Waals surface area contributed by atoms with Crippen molar-refractivity contribution in [2.24, 2.45) is 5.92 Å². The lowest BCUT2D eigenvalue weighted by molar-refractivity contribution is -0.142. The number of halogens is 1. The SMILES string of the molecule is O=C(c1ccccc1)C1C(c2ccccc2)C(C(=O)O)N(C(=O)Nc2cccc(Cl)c2)C1c1ccccc1. The summed E-state index contributed by atoms with van der Waals surface area (Å²) in [5, 5.41) is 13.8. The third-order valence-corrected chi connectivity index (χ3v) is 7.15. The van der Waals surface area contributed by atoms with E-state index in [9.17, 15) is 19.5 Å². The third kappa shape index (κ3) is 4.91. The number of aliphatic carboxylic acids is 1. The van der Waals surface area contributed by atoms with Crippen molar-refractivity contribution >= 4 is 35.1 Å². The predicted molar refractivity (Wildman–Crippen MR) is 146 cm³/mol. The van der Waals surface area contributed by atoms with E-state index in [1.807, 2.05) is 66.7 Å². The van der Waals surface area contributed by atoms with Gasteiger partial charge in [-0.1, -0.05) is 109 Å². The van der Waals surface area contributed by atoms with Crippen molar-refractivity contribution in [2.45, 2.75) is 18.0 Å². The number of carbonyl (C=O) groups excluding carboxylic acids is 2. The van der Waals surface area contributed by atoms with E-state index in [1.165, 1.54) is 4.90 Å². The summed E-state index contributed by atoms with van der Waals surface area (Å²) in [6.45, 7) is 0. The number of benzene rings is 4. The summed E-state index contributed by atoms with van der Waals surface area (Å²) < 4.78 is 0. The summed E-state index contributed by atoms with van der Waals surface area (Å²) in [7, 11) is 0. The number of urea groups is 1. The number of hydrogen-bond acceptors (Lipinski definition) is 3. The lowest BCUT2D eigenvalue weighted by Crippen LogP contribution is -2.45. The van der Waals surface area contributed by atoms with E-state index in [0.717, 1.165) is 0 Å². The molecule has 5 rings (SSSR count). The Morgan fingerprint density at radius 1 is 0.737 bits per heavy atom. The molecule has 4 atom stereocenters. The molecule has 2 N–H and O–H groups in total. The van der Waals surface area contributed by atoms with Crippen LogP contribution in [0.2, 0.25) is 5.02 Å². The molecule has 6 nitrogen and oxygen atoms in total. The largest absolute Gasteiger partial charge is 0.480 e. The normalized spacial score (nSPS) is 20.6. The minimum atomic E-state index is -1.31. The Balaban J connectivity index is 1.70. The number of likely N-dealkylation sites (tertiary alicyclic amines) is 1. The maximum absolute atomic E-state index is 14.2. The van der Waals surface area contributed by atoms with Gasteiger partial charge in [0.05, 0.1) is 12.0 Å². The van der Waals surface area contributed by atoms with Gasteiger partial charge in [-0.3, -0.25) is 4.79 Å². The summed E-state index contributed by atoms with van der Waals surface area (Å²) in [6.07, 6.45) is 0. The molecule has 38 heavy (non-hydrogen) atoms. The molecule has 1 aliphatic rings. The van der Waals surface area contributed by atoms with Crippen LogP contribution in [0.4, 0.5) is 10.5 Å². The molecule has 1 saturated heterocycles. The highest BCUT2D eigenvalue weighted by Gasteiger charge is 2.57. The molecular weight excluding hydrogens is 500 g/mol. The molecule has 1 fully saturated rings. The number of Topliss-reactive ketones (excluding diaryl/α,β-unsaturated/α-hetero) is 1. The third-order valence-electron chi connectivity index (χ3n) is 6.92. The van der Waals surface area contributed by atoms with E-state index < -0.39 is 35.9 Å². The Labute approximate surface area is 225 Å². The molecule has 0 radical (unpaired) electrons. The molecule has 190 valence electrons. The van der Waals surface area contributed by atoms with Crippen molar-refractivity contribution in [3.05, 3.63) is 137 Å². The van der Waals surface area contributed by atoms with Crippen LogP contribution in [-0.4, -0.2) is 33.8 Å². The van der Waals surface area contributed by atoms with Gasteiger partial charge in [-0.2, -0.15) is 0 Å². The Kier molecular flexibility index (Phi) is 7.24. The Bertz CT molecular complexity index is 1450. The fourth-order valence-electron chi connectivity index (χ4n) is 5.38. The first-order chi connectivity index (χ1) is 18.5. The van der Waals surface area contributed by atoms with Crippen LogP contribution < -0.4 is 5.32 Å². The first kappa shape index (κ1) is 25.2. The molecule has 0 bridgehead atoms. The quantitative estimate of drug-likeness (QED) is 0.276. The maximum Gasteiger partial charge on any atom is 0.327 e. The number of anilines is 1. The number of rotatable bonds is 6. The molecule has 4 unspecified atom stereocenters. The summed E-state index contributed by atoms with van der Waals surface area (Å²) >= 11 is 6.12. The first-order valence-corrected chi connectivity index (χ1v) is 12.6. The molecule has 2 amide bonds. The van der Waals surface area contributed by atoms with Crippen molar-refractivity contribution < 1.29 is 19.5 Å². The zero-order valence-electron chi connectivity index (χ0n) is 20.3. The van der Waals surface area contributed by atoms with Crippen molar-refractivity contribution in [1.82, 2.24) is 4.90 Å². The maximum atomic E-state index is 14.2. The smallest absolute Gasteiger partial charge is 0.327 e. The highest BCUT2D eigenvalue weighted by molar-refractivity contribution is 6.30. The second-order valence-corrected chi connectivity index (χ2v) is 9.62. The molecule has 4 aromatic carbocycles. The fourth-order valence-corrected chi connectivity index (χ4v) is 5.57. The average molecular weight is 525 g/mol. The van der Waals surface area contributed by atoms with Gasteiger partial charge < -0.3 is 15.3 Å². The Hall–Kier alpha value is -4.42. The van der Waals surface area contributed by atoms with Crippen molar-refractivity contribution in [2.75, 3.05) is 5.32 Å². The molecule has 0 aliphatic carbocycles. The van der Waals surface area contributed by atoms with Crippen LogP contribution in [0.25, 0.3) is 0 Å². The minimum Gasteiger partial charge on any atom is -0.480 e. The molecule has 1 heterocycles. The van der Waals surface area contributed by atoms with Crippen LogP contribution in [0.15, 0.2) is 115 Å². The monoisotopic (exact) mass is 524 g/mol. The average Bonchev–Trinajstić information content (AvgIpc) is 3.31. The second-order valence-electron chi connectivity index (χ2n) is 9.18. The summed E-state index contributed by atoms with van der Waals surface area (Å²) in [5.41, 5.74) is 2.23. The van der Waals surface area contributed by atoms with Gasteiger partial charge in [0.15, 0.2) is 5.78 Å². The predicted octanol–water partition coefficient (Wildman–Crippen LogP) is 6.66. The molecule has 0 saturated carbocycles. The van der Waals surface area contributed by atoms with Gasteiger partial charge in [0.1, 0.15) is 6.04 Å². The van der Waals surface area contributed by atoms with Gasteiger partial charge in [-0.15, -0.1) is 0 Å². The van der Waals surface area contributed by atoms with Gasteiger partial charge in [0.25, 0.3) is 0 Å². The lowest BCUT2D eigenvalue weighted by Gasteiger charge is -2.30.